The molecule has 0 aliphatic carbocycles. The van der Waals surface area contributed by atoms with Gasteiger partial charge in [-0.25, -0.2) is 4.79 Å². The molecule has 35 heavy (non-hydrogen) atoms. The van der Waals surface area contributed by atoms with Crippen LogP contribution in [0, 0.1) is 10.1 Å². The zero-order chi connectivity index (χ0) is 24.8. The number of furan rings is 1. The molecule has 10 nitrogen and oxygen atoms in total. The fraction of sp³-hybridized carbons (Fsp3) is 0.167. The standard InChI is InChI=1S/C24H21N5O5S/c1-3-28-22(20-6-5-13-34-20)26-27-24(28)35-21-12-11-19(29(31)32)14-17(21)15-25-18-9-7-16(8-10-18)23(30)33-4-2/h5-15H,3-4H2,1-2H3. The highest BCUT2D eigenvalue weighted by Gasteiger charge is 2.18. The molecule has 0 bridgehead atoms. The highest BCUT2D eigenvalue weighted by Crippen LogP contribution is 2.33. The molecular formula is C24H21N5O5S. The van der Waals surface area contributed by atoms with Crippen LogP contribution in [0.2, 0.25) is 0 Å². The van der Waals surface area contributed by atoms with E-state index in [1.54, 1.807) is 55.8 Å². The minimum Gasteiger partial charge on any atom is -0.462 e. The zero-order valence-corrected chi connectivity index (χ0v) is 19.8. The van der Waals surface area contributed by atoms with Crippen molar-refractivity contribution in [1.82, 2.24) is 14.8 Å². The van der Waals surface area contributed by atoms with Gasteiger partial charge >= 0.3 is 5.97 Å². The van der Waals surface area contributed by atoms with Gasteiger partial charge in [0.05, 0.1) is 29.0 Å². The SMILES string of the molecule is CCOC(=O)c1ccc(N=Cc2cc([N+](=O)[O-])ccc2Sc2nnc(-c3ccco3)n2CC)cc1. The van der Waals surface area contributed by atoms with E-state index in [2.05, 4.69) is 15.2 Å². The number of nitrogens with zero attached hydrogens (tertiary/aromatic N) is 5. The van der Waals surface area contributed by atoms with E-state index in [-0.39, 0.29) is 5.69 Å². The first-order chi connectivity index (χ1) is 17.0. The number of aromatic nitrogens is 3. The number of nitro benzene ring substituents is 1. The second-order valence-corrected chi connectivity index (χ2v) is 8.14. The molecule has 2 aromatic heterocycles. The van der Waals surface area contributed by atoms with Gasteiger partial charge in [0.2, 0.25) is 0 Å². The molecule has 0 aliphatic heterocycles. The van der Waals surface area contributed by atoms with Crippen LogP contribution in [0.25, 0.3) is 11.6 Å². The Bertz CT molecular complexity index is 1360. The Kier molecular flexibility index (Phi) is 7.36. The van der Waals surface area contributed by atoms with E-state index in [4.69, 9.17) is 9.15 Å². The van der Waals surface area contributed by atoms with Gasteiger partial charge in [0, 0.05) is 35.4 Å². The molecule has 4 aromatic rings. The summed E-state index contributed by atoms with van der Waals surface area (Å²) >= 11 is 1.32. The minimum atomic E-state index is -0.455. The van der Waals surface area contributed by atoms with E-state index in [0.717, 1.165) is 4.90 Å². The summed E-state index contributed by atoms with van der Waals surface area (Å²) in [7, 11) is 0. The van der Waals surface area contributed by atoms with Crippen molar-refractivity contribution < 1.29 is 18.9 Å². The summed E-state index contributed by atoms with van der Waals surface area (Å²) in [5.41, 5.74) is 1.49. The molecule has 0 amide bonds. The summed E-state index contributed by atoms with van der Waals surface area (Å²) < 4.78 is 12.3. The van der Waals surface area contributed by atoms with Gasteiger partial charge in [-0.2, -0.15) is 0 Å². The van der Waals surface area contributed by atoms with Crippen molar-refractivity contribution in [3.8, 4) is 11.6 Å². The van der Waals surface area contributed by atoms with Crippen molar-refractivity contribution in [3.05, 3.63) is 82.1 Å². The Labute approximate surface area is 204 Å². The molecule has 2 heterocycles. The number of esters is 1. The number of nitro groups is 1. The molecule has 0 fully saturated rings. The molecule has 11 heteroatoms. The van der Waals surface area contributed by atoms with Crippen LogP contribution in [-0.2, 0) is 11.3 Å². The zero-order valence-electron chi connectivity index (χ0n) is 19.0. The lowest BCUT2D eigenvalue weighted by Crippen LogP contribution is -2.03. The molecule has 0 atom stereocenters. The van der Waals surface area contributed by atoms with Crippen LogP contribution in [-0.4, -0.2) is 38.5 Å². The highest BCUT2D eigenvalue weighted by atomic mass is 32.2. The Balaban J connectivity index is 1.64. The van der Waals surface area contributed by atoms with Crippen LogP contribution >= 0.6 is 11.8 Å². The smallest absolute Gasteiger partial charge is 0.338 e. The second kappa shape index (κ2) is 10.8. The van der Waals surface area contributed by atoms with Crippen LogP contribution in [0.5, 0.6) is 0 Å². The van der Waals surface area contributed by atoms with Gasteiger partial charge in [0.1, 0.15) is 0 Å². The van der Waals surface area contributed by atoms with Crippen LogP contribution in [0.4, 0.5) is 11.4 Å². The molecule has 4 rings (SSSR count). The molecule has 2 aromatic carbocycles. The number of ether oxygens (including phenoxy) is 1. The number of hydrogen-bond donors (Lipinski definition) is 0. The van der Waals surface area contributed by atoms with Gasteiger partial charge < -0.3 is 9.15 Å². The minimum absolute atomic E-state index is 0.0540. The van der Waals surface area contributed by atoms with Gasteiger partial charge in [-0.3, -0.25) is 19.7 Å². The summed E-state index contributed by atoms with van der Waals surface area (Å²) in [5.74, 6) is 0.788. The molecule has 0 aliphatic rings. The number of carbonyl (C=O) groups excluding carboxylic acids is 1. The Morgan fingerprint density at radius 3 is 2.66 bits per heavy atom. The van der Waals surface area contributed by atoms with Gasteiger partial charge in [0.15, 0.2) is 16.7 Å². The van der Waals surface area contributed by atoms with Crippen molar-refractivity contribution in [2.75, 3.05) is 6.61 Å². The number of benzene rings is 2. The Morgan fingerprint density at radius 1 is 1.20 bits per heavy atom. The average molecular weight is 492 g/mol. The van der Waals surface area contributed by atoms with Gasteiger partial charge in [0.25, 0.3) is 5.69 Å². The first-order valence-electron chi connectivity index (χ1n) is 10.7. The topological polar surface area (TPSA) is 126 Å². The van der Waals surface area contributed by atoms with E-state index in [9.17, 15) is 14.9 Å². The van der Waals surface area contributed by atoms with Gasteiger partial charge in [-0.05, 0) is 68.1 Å². The summed E-state index contributed by atoms with van der Waals surface area (Å²) in [6, 6.07) is 14.7. The van der Waals surface area contributed by atoms with Crippen LogP contribution in [0.3, 0.4) is 0 Å². The predicted molar refractivity (Wildman–Crippen MR) is 130 cm³/mol. The summed E-state index contributed by atoms with van der Waals surface area (Å²) in [4.78, 5) is 27.9. The summed E-state index contributed by atoms with van der Waals surface area (Å²) in [5, 5.41) is 20.5. The first-order valence-corrected chi connectivity index (χ1v) is 11.6. The molecule has 0 saturated heterocycles. The number of hydrogen-bond acceptors (Lipinski definition) is 9. The van der Waals surface area contributed by atoms with E-state index in [1.165, 1.54) is 23.9 Å². The second-order valence-electron chi connectivity index (χ2n) is 7.13. The molecule has 0 radical (unpaired) electrons. The Hall–Kier alpha value is -4.25. The molecule has 0 unspecified atom stereocenters. The fourth-order valence-corrected chi connectivity index (χ4v) is 4.19. The van der Waals surface area contributed by atoms with Crippen LogP contribution in [0.15, 0.2) is 80.3 Å². The molecular weight excluding hydrogens is 470 g/mol. The normalized spacial score (nSPS) is 11.1. The van der Waals surface area contributed by atoms with E-state index in [1.807, 2.05) is 17.6 Å². The van der Waals surface area contributed by atoms with Crippen molar-refractivity contribution >= 4 is 35.3 Å². The molecule has 0 N–H and O–H groups in total. The number of non-ortho nitro benzene ring substituents is 1. The third kappa shape index (κ3) is 5.46. The number of rotatable bonds is 9. The lowest BCUT2D eigenvalue weighted by molar-refractivity contribution is -0.384. The maximum absolute atomic E-state index is 11.8. The van der Waals surface area contributed by atoms with E-state index >= 15 is 0 Å². The first kappa shape index (κ1) is 23.9. The fourth-order valence-electron chi connectivity index (χ4n) is 3.22. The quantitative estimate of drug-likeness (QED) is 0.129. The largest absolute Gasteiger partial charge is 0.462 e. The van der Waals surface area contributed by atoms with E-state index in [0.29, 0.717) is 46.7 Å². The van der Waals surface area contributed by atoms with Crippen molar-refractivity contribution in [1.29, 1.82) is 0 Å². The van der Waals surface area contributed by atoms with Crippen molar-refractivity contribution in [2.24, 2.45) is 4.99 Å². The maximum Gasteiger partial charge on any atom is 0.338 e. The lowest BCUT2D eigenvalue weighted by Gasteiger charge is -2.08. The van der Waals surface area contributed by atoms with E-state index < -0.39 is 10.9 Å². The molecule has 178 valence electrons. The highest BCUT2D eigenvalue weighted by molar-refractivity contribution is 7.99. The molecule has 0 spiro atoms. The van der Waals surface area contributed by atoms with Crippen LogP contribution in [0.1, 0.15) is 29.8 Å². The lowest BCUT2D eigenvalue weighted by atomic mass is 10.2. The third-order valence-electron chi connectivity index (χ3n) is 4.91. The maximum atomic E-state index is 11.8. The van der Waals surface area contributed by atoms with Gasteiger partial charge in [-0.15, -0.1) is 10.2 Å². The summed E-state index contributed by atoms with van der Waals surface area (Å²) in [6.07, 6.45) is 3.12. The summed E-state index contributed by atoms with van der Waals surface area (Å²) in [6.45, 7) is 4.61. The average Bonchev–Trinajstić information content (AvgIpc) is 3.53. The number of carbonyl (C=O) groups is 1. The van der Waals surface area contributed by atoms with Crippen molar-refractivity contribution in [2.45, 2.75) is 30.4 Å². The van der Waals surface area contributed by atoms with Crippen LogP contribution < -0.4 is 0 Å². The van der Waals surface area contributed by atoms with Gasteiger partial charge in [-0.1, -0.05) is 0 Å². The predicted octanol–water partition coefficient (Wildman–Crippen LogP) is 5.54. The number of aliphatic imine (C=N–C) groups is 1. The van der Waals surface area contributed by atoms with Crippen molar-refractivity contribution in [3.63, 3.8) is 0 Å². The monoisotopic (exact) mass is 491 g/mol. The molecule has 0 saturated carbocycles. The third-order valence-corrected chi connectivity index (χ3v) is 5.99. The Morgan fingerprint density at radius 2 is 2.00 bits per heavy atom.